The molecule has 2 aromatic rings. The number of nitrogens with zero attached hydrogens (tertiary/aromatic N) is 3. The van der Waals surface area contributed by atoms with Gasteiger partial charge in [0.05, 0.1) is 18.7 Å². The van der Waals surface area contributed by atoms with Crippen LogP contribution in [0.2, 0.25) is 0 Å². The molecule has 2 aliphatic rings. The fourth-order valence-electron chi connectivity index (χ4n) is 4.16. The van der Waals surface area contributed by atoms with E-state index in [4.69, 9.17) is 4.74 Å². The average Bonchev–Trinajstić information content (AvgIpc) is 3.20. The number of sulfonamides is 1. The van der Waals surface area contributed by atoms with E-state index >= 15 is 0 Å². The summed E-state index contributed by atoms with van der Waals surface area (Å²) in [6.45, 7) is 0.752. The van der Waals surface area contributed by atoms with Crippen LogP contribution in [0.4, 0.5) is 10.1 Å². The summed E-state index contributed by atoms with van der Waals surface area (Å²) < 4.78 is 46.0. The highest BCUT2D eigenvalue weighted by Gasteiger charge is 2.40. The zero-order chi connectivity index (χ0) is 22.9. The lowest BCUT2D eigenvalue weighted by Crippen LogP contribution is -2.52. The van der Waals surface area contributed by atoms with Crippen LogP contribution in [-0.4, -0.2) is 69.3 Å². The molecular weight excluding hydrogens is 437 g/mol. The number of amides is 2. The van der Waals surface area contributed by atoms with Crippen LogP contribution in [0.3, 0.4) is 0 Å². The Bertz CT molecular complexity index is 1130. The van der Waals surface area contributed by atoms with Gasteiger partial charge in [-0.3, -0.25) is 9.59 Å². The second-order valence-electron chi connectivity index (χ2n) is 7.74. The molecule has 170 valence electrons. The first kappa shape index (κ1) is 22.2. The van der Waals surface area contributed by atoms with Crippen molar-refractivity contribution in [3.8, 4) is 5.75 Å². The molecule has 1 unspecified atom stereocenters. The maximum absolute atomic E-state index is 14.0. The Morgan fingerprint density at radius 3 is 2.38 bits per heavy atom. The molecule has 2 saturated heterocycles. The van der Waals surface area contributed by atoms with Gasteiger partial charge < -0.3 is 14.5 Å². The van der Waals surface area contributed by atoms with Crippen molar-refractivity contribution in [1.82, 2.24) is 9.21 Å². The maximum Gasteiger partial charge on any atom is 0.246 e. The Labute approximate surface area is 186 Å². The van der Waals surface area contributed by atoms with Crippen molar-refractivity contribution in [3.05, 3.63) is 54.3 Å². The Balaban J connectivity index is 1.41. The minimum atomic E-state index is -3.98. The molecule has 0 spiro atoms. The van der Waals surface area contributed by atoms with E-state index < -0.39 is 21.8 Å². The van der Waals surface area contributed by atoms with Gasteiger partial charge in [0.2, 0.25) is 21.8 Å². The molecule has 0 aromatic heterocycles. The minimum Gasteiger partial charge on any atom is -0.495 e. The van der Waals surface area contributed by atoms with Gasteiger partial charge >= 0.3 is 0 Å². The molecule has 8 nitrogen and oxygen atoms in total. The number of ether oxygens (including phenoxy) is 1. The number of carbonyl (C=O) groups excluding carboxylic acids is 2. The first-order chi connectivity index (χ1) is 15.3. The van der Waals surface area contributed by atoms with Crippen LogP contribution in [0.5, 0.6) is 5.75 Å². The average molecular weight is 462 g/mol. The fourth-order valence-corrected chi connectivity index (χ4v) is 5.65. The maximum atomic E-state index is 14.0. The number of rotatable bonds is 5. The van der Waals surface area contributed by atoms with Gasteiger partial charge in [0.15, 0.2) is 0 Å². The normalized spacial score (nSPS) is 19.9. The van der Waals surface area contributed by atoms with Gasteiger partial charge in [0, 0.05) is 39.1 Å². The highest BCUT2D eigenvalue weighted by atomic mass is 32.2. The number of para-hydroxylation sites is 2. The third kappa shape index (κ3) is 4.07. The van der Waals surface area contributed by atoms with Crippen LogP contribution >= 0.6 is 0 Å². The van der Waals surface area contributed by atoms with Crippen molar-refractivity contribution in [1.29, 1.82) is 0 Å². The predicted molar refractivity (Wildman–Crippen MR) is 115 cm³/mol. The topological polar surface area (TPSA) is 87.2 Å². The molecule has 2 heterocycles. The van der Waals surface area contributed by atoms with Crippen molar-refractivity contribution in [2.45, 2.75) is 11.3 Å². The standard InChI is InChI=1S/C22H24FN3O5S/c1-31-19-8-4-3-7-18(19)26-15-16(14-21(26)27)22(28)24-10-12-25(13-11-24)32(29,30)20-9-5-2-6-17(20)23/h2-9,16H,10-15H2,1H3. The molecule has 1 atom stereocenters. The summed E-state index contributed by atoms with van der Waals surface area (Å²) in [6, 6.07) is 12.4. The van der Waals surface area contributed by atoms with E-state index in [1.807, 2.05) is 0 Å². The third-order valence-corrected chi connectivity index (χ3v) is 7.79. The third-order valence-electron chi connectivity index (χ3n) is 5.86. The monoisotopic (exact) mass is 461 g/mol. The van der Waals surface area contributed by atoms with Crippen LogP contribution in [0.1, 0.15) is 6.42 Å². The van der Waals surface area contributed by atoms with Crippen molar-refractivity contribution < 1.29 is 27.1 Å². The summed E-state index contributed by atoms with van der Waals surface area (Å²) in [4.78, 5) is 28.4. The number of piperazine rings is 1. The van der Waals surface area contributed by atoms with Crippen LogP contribution in [0.15, 0.2) is 53.4 Å². The van der Waals surface area contributed by atoms with Crippen molar-refractivity contribution >= 4 is 27.5 Å². The lowest BCUT2D eigenvalue weighted by Gasteiger charge is -2.35. The van der Waals surface area contributed by atoms with Crippen molar-refractivity contribution in [2.24, 2.45) is 5.92 Å². The number of hydrogen-bond donors (Lipinski definition) is 0. The molecule has 0 aliphatic carbocycles. The van der Waals surface area contributed by atoms with Crippen LogP contribution in [0, 0.1) is 11.7 Å². The number of methoxy groups -OCH3 is 1. The molecule has 0 saturated carbocycles. The van der Waals surface area contributed by atoms with Gasteiger partial charge in [-0.1, -0.05) is 24.3 Å². The summed E-state index contributed by atoms with van der Waals surface area (Å²) in [5.41, 5.74) is 0.621. The molecule has 10 heteroatoms. The zero-order valence-corrected chi connectivity index (χ0v) is 18.4. The number of hydrogen-bond acceptors (Lipinski definition) is 5. The molecule has 0 bridgehead atoms. The summed E-state index contributed by atoms with van der Waals surface area (Å²) in [7, 11) is -2.45. The van der Waals surface area contributed by atoms with Crippen LogP contribution in [-0.2, 0) is 19.6 Å². The predicted octanol–water partition coefficient (Wildman–Crippen LogP) is 1.72. The molecule has 0 radical (unpaired) electrons. The highest BCUT2D eigenvalue weighted by molar-refractivity contribution is 7.89. The molecule has 0 N–H and O–H groups in total. The zero-order valence-electron chi connectivity index (χ0n) is 17.6. The lowest BCUT2D eigenvalue weighted by molar-refractivity contribution is -0.136. The van der Waals surface area contributed by atoms with Gasteiger partial charge in [-0.05, 0) is 24.3 Å². The second-order valence-corrected chi connectivity index (χ2v) is 9.64. The van der Waals surface area contributed by atoms with E-state index in [0.29, 0.717) is 11.4 Å². The van der Waals surface area contributed by atoms with Crippen molar-refractivity contribution in [2.75, 3.05) is 44.7 Å². The molecule has 2 fully saturated rings. The molecule has 32 heavy (non-hydrogen) atoms. The van der Waals surface area contributed by atoms with Gasteiger partial charge in [-0.25, -0.2) is 12.8 Å². The smallest absolute Gasteiger partial charge is 0.246 e. The fraction of sp³-hybridized carbons (Fsp3) is 0.364. The van der Waals surface area contributed by atoms with E-state index in [1.165, 1.54) is 29.6 Å². The minimum absolute atomic E-state index is 0.0687. The lowest BCUT2D eigenvalue weighted by atomic mass is 10.1. The molecule has 4 rings (SSSR count). The summed E-state index contributed by atoms with van der Waals surface area (Å²) in [6.07, 6.45) is 0.0879. The molecule has 2 amide bonds. The number of benzene rings is 2. The summed E-state index contributed by atoms with van der Waals surface area (Å²) >= 11 is 0. The van der Waals surface area contributed by atoms with E-state index in [0.717, 1.165) is 6.07 Å². The quantitative estimate of drug-likeness (QED) is 0.677. The largest absolute Gasteiger partial charge is 0.495 e. The highest BCUT2D eigenvalue weighted by Crippen LogP contribution is 2.33. The van der Waals surface area contributed by atoms with Crippen LogP contribution < -0.4 is 9.64 Å². The Hall–Kier alpha value is -2.98. The van der Waals surface area contributed by atoms with E-state index in [-0.39, 0.29) is 55.9 Å². The Morgan fingerprint density at radius 1 is 1.03 bits per heavy atom. The molecule has 2 aliphatic heterocycles. The first-order valence-corrected chi connectivity index (χ1v) is 11.7. The Morgan fingerprint density at radius 2 is 1.69 bits per heavy atom. The second kappa shape index (κ2) is 8.87. The van der Waals surface area contributed by atoms with Gasteiger partial charge in [-0.15, -0.1) is 0 Å². The summed E-state index contributed by atoms with van der Waals surface area (Å²) in [5, 5.41) is 0. The van der Waals surface area contributed by atoms with E-state index in [1.54, 1.807) is 34.1 Å². The number of halogens is 1. The Kier molecular flexibility index (Phi) is 6.16. The van der Waals surface area contributed by atoms with Gasteiger partial charge in [-0.2, -0.15) is 4.31 Å². The molecule has 2 aromatic carbocycles. The summed E-state index contributed by atoms with van der Waals surface area (Å²) in [5.74, 6) is -1.10. The van der Waals surface area contributed by atoms with Gasteiger partial charge in [0.1, 0.15) is 16.5 Å². The number of anilines is 1. The number of carbonyl (C=O) groups is 2. The first-order valence-electron chi connectivity index (χ1n) is 10.3. The van der Waals surface area contributed by atoms with Crippen LogP contribution in [0.25, 0.3) is 0 Å². The van der Waals surface area contributed by atoms with Crippen molar-refractivity contribution in [3.63, 3.8) is 0 Å². The molecular formula is C22H24FN3O5S. The SMILES string of the molecule is COc1ccccc1N1CC(C(=O)N2CCN(S(=O)(=O)c3ccccc3F)CC2)CC1=O. The van der Waals surface area contributed by atoms with E-state index in [9.17, 15) is 22.4 Å². The van der Waals surface area contributed by atoms with Gasteiger partial charge in [0.25, 0.3) is 0 Å². The van der Waals surface area contributed by atoms with E-state index in [2.05, 4.69) is 0 Å².